The number of aryl methyl sites for hydroxylation is 2. The summed E-state index contributed by atoms with van der Waals surface area (Å²) in [6, 6.07) is 19.0. The van der Waals surface area contributed by atoms with Gasteiger partial charge in [-0.05, 0) is 74.6 Å². The van der Waals surface area contributed by atoms with Crippen LogP contribution in [0.1, 0.15) is 42.6 Å². The number of amides is 1. The van der Waals surface area contributed by atoms with E-state index in [2.05, 4.69) is 35.9 Å². The lowest BCUT2D eigenvalue weighted by Gasteiger charge is -2.29. The molecule has 1 aliphatic heterocycles. The number of carbonyl (C=O) groups is 1. The minimum atomic E-state index is -3.63. The van der Waals surface area contributed by atoms with Gasteiger partial charge in [-0.1, -0.05) is 31.2 Å². The summed E-state index contributed by atoms with van der Waals surface area (Å²) in [4.78, 5) is 13.4. The number of nitrogens with zero attached hydrogens (tertiary/aromatic N) is 2. The van der Waals surface area contributed by atoms with E-state index in [1.807, 2.05) is 37.3 Å². The molecule has 2 heterocycles. The molecule has 4 aromatic rings. The van der Waals surface area contributed by atoms with E-state index >= 15 is 0 Å². The Balaban J connectivity index is 1.46. The molecule has 182 valence electrons. The number of hydrogen-bond donors (Lipinski definition) is 1. The molecule has 3 aromatic carbocycles. The Hall–Kier alpha value is -3.16. The second kappa shape index (κ2) is 9.13. The molecule has 0 unspecified atom stereocenters. The van der Waals surface area contributed by atoms with Crippen LogP contribution >= 0.6 is 0 Å². The van der Waals surface area contributed by atoms with Gasteiger partial charge < -0.3 is 9.88 Å². The summed E-state index contributed by atoms with van der Waals surface area (Å²) in [5, 5.41) is 5.21. The lowest BCUT2D eigenvalue weighted by atomic mass is 10.0. The van der Waals surface area contributed by atoms with Gasteiger partial charge in [-0.2, -0.15) is 4.31 Å². The van der Waals surface area contributed by atoms with Gasteiger partial charge in [0.1, 0.15) is 0 Å². The summed E-state index contributed by atoms with van der Waals surface area (Å²) in [5.41, 5.74) is 4.06. The van der Waals surface area contributed by atoms with Crippen LogP contribution in [0.4, 0.5) is 5.69 Å². The molecular weight excluding hydrogens is 458 g/mol. The fourth-order valence-electron chi connectivity index (χ4n) is 5.05. The summed E-state index contributed by atoms with van der Waals surface area (Å²) >= 11 is 0. The molecule has 6 nitrogen and oxygen atoms in total. The van der Waals surface area contributed by atoms with E-state index in [1.165, 1.54) is 10.4 Å². The summed E-state index contributed by atoms with van der Waals surface area (Å²) in [6.45, 7) is 7.98. The van der Waals surface area contributed by atoms with Gasteiger partial charge in [0.05, 0.1) is 4.90 Å². The van der Waals surface area contributed by atoms with Crippen molar-refractivity contribution in [1.82, 2.24) is 8.87 Å². The fourth-order valence-corrected chi connectivity index (χ4v) is 6.55. The second-order valence-electron chi connectivity index (χ2n) is 9.51. The van der Waals surface area contributed by atoms with Crippen LogP contribution in [-0.4, -0.2) is 36.3 Å². The number of fused-ring (bicyclic) bond motifs is 3. The van der Waals surface area contributed by atoms with E-state index in [0.717, 1.165) is 46.8 Å². The quantitative estimate of drug-likeness (QED) is 0.385. The molecule has 1 fully saturated rings. The Morgan fingerprint density at radius 2 is 1.69 bits per heavy atom. The third kappa shape index (κ3) is 4.23. The number of hydrogen-bond acceptors (Lipinski definition) is 3. The Bertz CT molecular complexity index is 1530. The Morgan fingerprint density at radius 1 is 0.971 bits per heavy atom. The fraction of sp³-hybridized carbons (Fsp3) is 0.321. The van der Waals surface area contributed by atoms with Crippen LogP contribution in [0.25, 0.3) is 21.8 Å². The van der Waals surface area contributed by atoms with Gasteiger partial charge in [-0.15, -0.1) is 0 Å². The maximum atomic E-state index is 13.3. The van der Waals surface area contributed by atoms with E-state index in [-0.39, 0.29) is 10.8 Å². The smallest absolute Gasteiger partial charge is 0.255 e. The lowest BCUT2D eigenvalue weighted by Crippen LogP contribution is -2.38. The Labute approximate surface area is 206 Å². The van der Waals surface area contributed by atoms with Crippen molar-refractivity contribution in [2.75, 3.05) is 18.4 Å². The molecule has 1 aromatic heterocycles. The predicted molar refractivity (Wildman–Crippen MR) is 141 cm³/mol. The molecule has 35 heavy (non-hydrogen) atoms. The third-order valence-corrected chi connectivity index (χ3v) is 9.08. The van der Waals surface area contributed by atoms with Gasteiger partial charge in [0, 0.05) is 52.7 Å². The van der Waals surface area contributed by atoms with Crippen molar-refractivity contribution in [2.45, 2.75) is 45.1 Å². The monoisotopic (exact) mass is 489 g/mol. The zero-order valence-electron chi connectivity index (χ0n) is 20.4. The van der Waals surface area contributed by atoms with Crippen molar-refractivity contribution >= 4 is 43.4 Å². The molecule has 1 aliphatic rings. The van der Waals surface area contributed by atoms with Crippen LogP contribution in [0, 0.1) is 12.8 Å². The van der Waals surface area contributed by atoms with E-state index in [4.69, 9.17) is 0 Å². The first kappa shape index (κ1) is 23.6. The van der Waals surface area contributed by atoms with Crippen molar-refractivity contribution in [1.29, 1.82) is 0 Å². The highest BCUT2D eigenvalue weighted by molar-refractivity contribution is 7.89. The lowest BCUT2D eigenvalue weighted by molar-refractivity contribution is 0.102. The SMILES string of the molecule is CCn1c2ccccc2c2cc(NC(=O)c3cc(S(=O)(=O)N4CCC(C)CC4)ccc3C)ccc21. The summed E-state index contributed by atoms with van der Waals surface area (Å²) in [6.07, 6.45) is 1.71. The summed E-state index contributed by atoms with van der Waals surface area (Å²) in [5.74, 6) is 0.217. The number of benzene rings is 3. The number of aromatic nitrogens is 1. The van der Waals surface area contributed by atoms with Crippen molar-refractivity contribution in [3.8, 4) is 0 Å². The van der Waals surface area contributed by atoms with E-state index < -0.39 is 10.0 Å². The third-order valence-electron chi connectivity index (χ3n) is 7.18. The number of nitrogens with one attached hydrogen (secondary N) is 1. The topological polar surface area (TPSA) is 71.4 Å². The molecule has 0 bridgehead atoms. The first-order valence-electron chi connectivity index (χ1n) is 12.2. The average molecular weight is 490 g/mol. The largest absolute Gasteiger partial charge is 0.341 e. The van der Waals surface area contributed by atoms with Crippen molar-refractivity contribution in [3.63, 3.8) is 0 Å². The van der Waals surface area contributed by atoms with Gasteiger partial charge in [0.15, 0.2) is 0 Å². The van der Waals surface area contributed by atoms with Gasteiger partial charge in [-0.25, -0.2) is 8.42 Å². The Kier molecular flexibility index (Phi) is 6.15. The minimum Gasteiger partial charge on any atom is -0.341 e. The number of carbonyl (C=O) groups excluding carboxylic acids is 1. The number of sulfonamides is 1. The molecule has 0 aliphatic carbocycles. The van der Waals surface area contributed by atoms with Crippen LogP contribution in [0.5, 0.6) is 0 Å². The predicted octanol–water partition coefficient (Wildman–Crippen LogP) is 5.80. The maximum Gasteiger partial charge on any atom is 0.255 e. The standard InChI is InChI=1S/C28H31N3O3S/c1-4-31-26-8-6-5-7-23(26)25-17-21(10-12-27(25)31)29-28(32)24-18-22(11-9-20(24)3)35(33,34)30-15-13-19(2)14-16-30/h5-12,17-19H,4,13-16H2,1-3H3,(H,29,32). The molecule has 0 saturated carbocycles. The highest BCUT2D eigenvalue weighted by Crippen LogP contribution is 2.31. The second-order valence-corrected chi connectivity index (χ2v) is 11.4. The number of rotatable bonds is 5. The van der Waals surface area contributed by atoms with Gasteiger partial charge >= 0.3 is 0 Å². The Morgan fingerprint density at radius 3 is 2.43 bits per heavy atom. The van der Waals surface area contributed by atoms with Gasteiger partial charge in [0.2, 0.25) is 10.0 Å². The molecule has 1 N–H and O–H groups in total. The molecule has 1 amide bonds. The molecule has 7 heteroatoms. The van der Waals surface area contributed by atoms with Crippen LogP contribution in [-0.2, 0) is 16.6 Å². The first-order valence-corrected chi connectivity index (χ1v) is 13.7. The van der Waals surface area contributed by atoms with Crippen LogP contribution < -0.4 is 5.32 Å². The average Bonchev–Trinajstić information content (AvgIpc) is 3.17. The molecule has 5 rings (SSSR count). The zero-order valence-corrected chi connectivity index (χ0v) is 21.2. The summed E-state index contributed by atoms with van der Waals surface area (Å²) < 4.78 is 30.3. The van der Waals surface area contributed by atoms with E-state index in [0.29, 0.717) is 30.3 Å². The molecule has 1 saturated heterocycles. The van der Waals surface area contributed by atoms with Crippen molar-refractivity contribution in [2.24, 2.45) is 5.92 Å². The number of anilines is 1. The van der Waals surface area contributed by atoms with Crippen LogP contribution in [0.2, 0.25) is 0 Å². The summed E-state index contributed by atoms with van der Waals surface area (Å²) in [7, 11) is -3.63. The van der Waals surface area contributed by atoms with Crippen molar-refractivity contribution in [3.05, 3.63) is 71.8 Å². The highest BCUT2D eigenvalue weighted by atomic mass is 32.2. The van der Waals surface area contributed by atoms with Gasteiger partial charge in [-0.3, -0.25) is 4.79 Å². The minimum absolute atomic E-state index is 0.171. The van der Waals surface area contributed by atoms with Crippen LogP contribution in [0.15, 0.2) is 65.6 Å². The molecule has 0 spiro atoms. The zero-order chi connectivity index (χ0) is 24.7. The van der Waals surface area contributed by atoms with Crippen LogP contribution in [0.3, 0.4) is 0 Å². The molecule has 0 atom stereocenters. The van der Waals surface area contributed by atoms with Crippen molar-refractivity contribution < 1.29 is 13.2 Å². The molecule has 0 radical (unpaired) electrons. The van der Waals surface area contributed by atoms with E-state index in [1.54, 1.807) is 12.1 Å². The number of piperidine rings is 1. The first-order chi connectivity index (χ1) is 16.8. The van der Waals surface area contributed by atoms with E-state index in [9.17, 15) is 13.2 Å². The highest BCUT2D eigenvalue weighted by Gasteiger charge is 2.29. The molecular formula is C28H31N3O3S. The number of para-hydroxylation sites is 1. The van der Waals surface area contributed by atoms with Gasteiger partial charge in [0.25, 0.3) is 5.91 Å². The normalized spacial score (nSPS) is 15.6. The maximum absolute atomic E-state index is 13.3.